The van der Waals surface area contributed by atoms with E-state index in [1.165, 1.54) is 0 Å². The number of rotatable bonds is 3. The Morgan fingerprint density at radius 1 is 0.923 bits per heavy atom. The lowest BCUT2D eigenvalue weighted by Gasteiger charge is -2.22. The SMILES string of the molecule is O=C(Nc1ccccc1)Nc1c(N2CCCC2)c2ccccc2oc1=O. The van der Waals surface area contributed by atoms with Crippen LogP contribution in [0.3, 0.4) is 0 Å². The van der Waals surface area contributed by atoms with Crippen molar-refractivity contribution in [1.82, 2.24) is 0 Å². The topological polar surface area (TPSA) is 74.6 Å². The average Bonchev–Trinajstić information content (AvgIpc) is 3.17. The van der Waals surface area contributed by atoms with Crippen LogP contribution in [0.4, 0.5) is 21.9 Å². The highest BCUT2D eigenvalue weighted by molar-refractivity contribution is 6.06. The number of carbonyl (C=O) groups excluding carboxylic acids is 1. The molecule has 0 saturated carbocycles. The Hall–Kier alpha value is -3.28. The van der Waals surface area contributed by atoms with E-state index in [-0.39, 0.29) is 5.69 Å². The molecule has 0 bridgehead atoms. The van der Waals surface area contributed by atoms with Crippen LogP contribution in [0.25, 0.3) is 11.0 Å². The van der Waals surface area contributed by atoms with Gasteiger partial charge in [-0.15, -0.1) is 0 Å². The zero-order chi connectivity index (χ0) is 17.9. The van der Waals surface area contributed by atoms with Gasteiger partial charge in [0.15, 0.2) is 5.69 Å². The van der Waals surface area contributed by atoms with Gasteiger partial charge in [0.1, 0.15) is 5.58 Å². The number of hydrogen-bond acceptors (Lipinski definition) is 4. The molecule has 0 spiro atoms. The van der Waals surface area contributed by atoms with Crippen LogP contribution in [0.5, 0.6) is 0 Å². The predicted molar refractivity (Wildman–Crippen MR) is 103 cm³/mol. The molecule has 1 saturated heterocycles. The summed E-state index contributed by atoms with van der Waals surface area (Å²) in [6.45, 7) is 1.70. The van der Waals surface area contributed by atoms with E-state index in [4.69, 9.17) is 4.42 Å². The smallest absolute Gasteiger partial charge is 0.362 e. The van der Waals surface area contributed by atoms with Crippen molar-refractivity contribution in [2.24, 2.45) is 0 Å². The molecule has 2 aromatic carbocycles. The van der Waals surface area contributed by atoms with Crippen molar-refractivity contribution in [2.75, 3.05) is 28.6 Å². The third-order valence-corrected chi connectivity index (χ3v) is 4.48. The third kappa shape index (κ3) is 3.13. The van der Waals surface area contributed by atoms with Gasteiger partial charge in [-0.1, -0.05) is 30.3 Å². The summed E-state index contributed by atoms with van der Waals surface area (Å²) in [5, 5.41) is 6.26. The molecule has 1 aromatic heterocycles. The maximum Gasteiger partial charge on any atom is 0.362 e. The summed E-state index contributed by atoms with van der Waals surface area (Å²) in [4.78, 5) is 27.1. The van der Waals surface area contributed by atoms with E-state index in [0.717, 1.165) is 37.0 Å². The highest BCUT2D eigenvalue weighted by atomic mass is 16.4. The Bertz CT molecular complexity index is 992. The van der Waals surface area contributed by atoms with E-state index in [0.29, 0.717) is 11.3 Å². The lowest BCUT2D eigenvalue weighted by Crippen LogP contribution is -2.27. The predicted octanol–water partition coefficient (Wildman–Crippen LogP) is 4.04. The second-order valence-corrected chi connectivity index (χ2v) is 6.25. The van der Waals surface area contributed by atoms with Crippen LogP contribution in [-0.4, -0.2) is 19.1 Å². The van der Waals surface area contributed by atoms with Crippen molar-refractivity contribution < 1.29 is 9.21 Å². The summed E-state index contributed by atoms with van der Waals surface area (Å²) >= 11 is 0. The molecule has 6 heteroatoms. The molecule has 1 aliphatic heterocycles. The van der Waals surface area contributed by atoms with Crippen molar-refractivity contribution in [1.29, 1.82) is 0 Å². The largest absolute Gasteiger partial charge is 0.421 e. The average molecular weight is 349 g/mol. The van der Waals surface area contributed by atoms with Crippen molar-refractivity contribution >= 4 is 34.1 Å². The summed E-state index contributed by atoms with van der Waals surface area (Å²) < 4.78 is 5.42. The van der Waals surface area contributed by atoms with Gasteiger partial charge in [-0.25, -0.2) is 9.59 Å². The maximum absolute atomic E-state index is 12.6. The number of fused-ring (bicyclic) bond motifs is 1. The fourth-order valence-electron chi connectivity index (χ4n) is 3.31. The minimum absolute atomic E-state index is 0.180. The fraction of sp³-hybridized carbons (Fsp3) is 0.200. The van der Waals surface area contributed by atoms with Crippen molar-refractivity contribution in [2.45, 2.75) is 12.8 Å². The van der Waals surface area contributed by atoms with Gasteiger partial charge in [-0.3, -0.25) is 5.32 Å². The molecule has 3 aromatic rings. The zero-order valence-electron chi connectivity index (χ0n) is 14.2. The van der Waals surface area contributed by atoms with Gasteiger partial charge in [0.2, 0.25) is 0 Å². The minimum Gasteiger partial charge on any atom is -0.421 e. The second-order valence-electron chi connectivity index (χ2n) is 6.25. The van der Waals surface area contributed by atoms with Gasteiger partial charge in [0, 0.05) is 24.2 Å². The van der Waals surface area contributed by atoms with Crippen molar-refractivity contribution in [3.8, 4) is 0 Å². The first kappa shape index (κ1) is 16.2. The summed E-state index contributed by atoms with van der Waals surface area (Å²) in [5.41, 5.74) is 1.54. The normalized spacial score (nSPS) is 13.8. The molecule has 2 amide bonds. The highest BCUT2D eigenvalue weighted by Crippen LogP contribution is 2.34. The zero-order valence-corrected chi connectivity index (χ0v) is 14.2. The number of amides is 2. The number of nitrogens with one attached hydrogen (secondary N) is 2. The first-order chi connectivity index (χ1) is 12.7. The van der Waals surface area contributed by atoms with E-state index < -0.39 is 11.7 Å². The quantitative estimate of drug-likeness (QED) is 0.700. The van der Waals surface area contributed by atoms with Crippen LogP contribution in [0.1, 0.15) is 12.8 Å². The first-order valence-electron chi connectivity index (χ1n) is 8.66. The highest BCUT2D eigenvalue weighted by Gasteiger charge is 2.23. The molecular weight excluding hydrogens is 330 g/mol. The van der Waals surface area contributed by atoms with Crippen molar-refractivity contribution in [3.63, 3.8) is 0 Å². The van der Waals surface area contributed by atoms with Crippen LogP contribution in [0.2, 0.25) is 0 Å². The molecule has 2 N–H and O–H groups in total. The Kier molecular flexibility index (Phi) is 4.31. The van der Waals surface area contributed by atoms with Crippen LogP contribution < -0.4 is 21.2 Å². The molecule has 1 fully saturated rings. The molecule has 4 rings (SSSR count). The molecule has 0 aliphatic carbocycles. The summed E-state index contributed by atoms with van der Waals surface area (Å²) in [7, 11) is 0. The van der Waals surface area contributed by atoms with E-state index in [1.807, 2.05) is 36.4 Å². The van der Waals surface area contributed by atoms with E-state index >= 15 is 0 Å². The molecule has 0 atom stereocenters. The monoisotopic (exact) mass is 349 g/mol. The lowest BCUT2D eigenvalue weighted by molar-refractivity contribution is 0.262. The number of hydrogen-bond donors (Lipinski definition) is 2. The van der Waals surface area contributed by atoms with Crippen LogP contribution in [0.15, 0.2) is 63.8 Å². The number of para-hydroxylation sites is 2. The van der Waals surface area contributed by atoms with Gasteiger partial charge in [0.25, 0.3) is 0 Å². The molecule has 6 nitrogen and oxygen atoms in total. The van der Waals surface area contributed by atoms with Crippen molar-refractivity contribution in [3.05, 3.63) is 65.0 Å². The number of carbonyl (C=O) groups is 1. The summed E-state index contributed by atoms with van der Waals surface area (Å²) in [5.74, 6) is 0. The Morgan fingerprint density at radius 3 is 2.38 bits per heavy atom. The molecular formula is C20H19N3O3. The number of urea groups is 1. The van der Waals surface area contributed by atoms with Gasteiger partial charge in [0.05, 0.1) is 5.69 Å². The Balaban J connectivity index is 1.73. The molecule has 0 unspecified atom stereocenters. The number of nitrogens with zero attached hydrogens (tertiary/aromatic N) is 1. The van der Waals surface area contributed by atoms with Gasteiger partial charge in [-0.2, -0.15) is 0 Å². The minimum atomic E-state index is -0.547. The van der Waals surface area contributed by atoms with E-state index in [2.05, 4.69) is 15.5 Å². The van der Waals surface area contributed by atoms with Gasteiger partial charge >= 0.3 is 11.7 Å². The Labute approximate surface area is 150 Å². The van der Waals surface area contributed by atoms with E-state index in [9.17, 15) is 9.59 Å². The summed E-state index contributed by atoms with van der Waals surface area (Å²) in [6.07, 6.45) is 2.12. The maximum atomic E-state index is 12.6. The lowest BCUT2D eigenvalue weighted by atomic mass is 10.1. The molecule has 132 valence electrons. The number of anilines is 3. The number of benzene rings is 2. The van der Waals surface area contributed by atoms with Crippen LogP contribution >= 0.6 is 0 Å². The summed E-state index contributed by atoms with van der Waals surface area (Å²) in [6, 6.07) is 16.0. The first-order valence-corrected chi connectivity index (χ1v) is 8.66. The molecule has 0 radical (unpaired) electrons. The Morgan fingerprint density at radius 2 is 1.62 bits per heavy atom. The van der Waals surface area contributed by atoms with Crippen LogP contribution in [0, 0.1) is 0 Å². The fourth-order valence-corrected chi connectivity index (χ4v) is 3.31. The molecule has 1 aliphatic rings. The standard InChI is InChI=1S/C20H19N3O3/c24-19-17(22-20(25)21-14-8-2-1-3-9-14)18(23-12-6-7-13-23)15-10-4-5-11-16(15)26-19/h1-5,8-11H,6-7,12-13H2,(H2,21,22,25). The third-order valence-electron chi connectivity index (χ3n) is 4.48. The van der Waals surface area contributed by atoms with E-state index in [1.54, 1.807) is 18.2 Å². The van der Waals surface area contributed by atoms with Crippen LogP contribution in [-0.2, 0) is 0 Å². The van der Waals surface area contributed by atoms with Gasteiger partial charge < -0.3 is 14.6 Å². The molecule has 2 heterocycles. The van der Waals surface area contributed by atoms with Gasteiger partial charge in [-0.05, 0) is 37.1 Å². The second kappa shape index (κ2) is 6.92. The molecule has 26 heavy (non-hydrogen) atoms.